The van der Waals surface area contributed by atoms with Gasteiger partial charge in [0, 0.05) is 49.9 Å². The standard InChI is InChI=1S/C46H30N4/c1-2-30-18-20-34(21-19-30)46-41-28-26-39(49-41)44(32-14-8-4-9-15-32)37-24-22-35(47-37)43(31-12-6-3-7-13-31)36-23-25-38(48-36)45(33-16-10-5-11-17-33)40-27-29-42(46)50-40/h1,3-29,47,50H. The largest absolute Gasteiger partial charge is 0.354 e. The maximum absolute atomic E-state index is 5.74. The molecule has 2 N–H and O–H groups in total. The topological polar surface area (TPSA) is 57.4 Å². The third kappa shape index (κ3) is 5.15. The number of aromatic amines is 2. The Labute approximate surface area is 290 Å². The first-order valence-corrected chi connectivity index (χ1v) is 16.6. The van der Waals surface area contributed by atoms with Gasteiger partial charge in [-0.2, -0.15) is 0 Å². The summed E-state index contributed by atoms with van der Waals surface area (Å²) in [5.41, 5.74) is 16.5. The zero-order valence-electron chi connectivity index (χ0n) is 27.1. The van der Waals surface area contributed by atoms with E-state index in [2.05, 4.69) is 149 Å². The minimum Gasteiger partial charge on any atom is -0.354 e. The highest BCUT2D eigenvalue weighted by Crippen LogP contribution is 2.38. The van der Waals surface area contributed by atoms with Crippen LogP contribution in [-0.2, 0) is 0 Å². The Hall–Kier alpha value is -6.96. The van der Waals surface area contributed by atoms with Crippen molar-refractivity contribution < 1.29 is 0 Å². The van der Waals surface area contributed by atoms with Crippen molar-refractivity contribution in [2.75, 3.05) is 0 Å². The summed E-state index contributed by atoms with van der Waals surface area (Å²) < 4.78 is 0. The van der Waals surface area contributed by atoms with Crippen molar-refractivity contribution in [2.45, 2.75) is 0 Å². The van der Waals surface area contributed by atoms with Crippen molar-refractivity contribution in [3.8, 4) is 56.9 Å². The van der Waals surface area contributed by atoms with Crippen molar-refractivity contribution in [1.29, 1.82) is 0 Å². The van der Waals surface area contributed by atoms with E-state index in [1.807, 2.05) is 30.3 Å². The van der Waals surface area contributed by atoms with E-state index in [9.17, 15) is 0 Å². The first-order chi connectivity index (χ1) is 24.7. The summed E-state index contributed by atoms with van der Waals surface area (Å²) in [7, 11) is 0. The monoisotopic (exact) mass is 638 g/mol. The fourth-order valence-electron chi connectivity index (χ4n) is 6.97. The van der Waals surface area contributed by atoms with E-state index < -0.39 is 0 Å². The van der Waals surface area contributed by atoms with Gasteiger partial charge in [-0.1, -0.05) is 109 Å². The number of rotatable bonds is 4. The predicted molar refractivity (Wildman–Crippen MR) is 209 cm³/mol. The molecule has 0 aliphatic carbocycles. The lowest BCUT2D eigenvalue weighted by Gasteiger charge is -2.07. The average Bonchev–Trinajstić information content (AvgIpc) is 4.01. The summed E-state index contributed by atoms with van der Waals surface area (Å²) >= 11 is 0. The molecule has 7 aromatic rings. The minimum absolute atomic E-state index is 0.831. The van der Waals surface area contributed by atoms with Gasteiger partial charge in [0.1, 0.15) is 0 Å². The van der Waals surface area contributed by atoms with Crippen LogP contribution in [0.5, 0.6) is 0 Å². The zero-order valence-corrected chi connectivity index (χ0v) is 27.1. The Morgan fingerprint density at radius 1 is 0.360 bits per heavy atom. The Morgan fingerprint density at radius 3 is 0.960 bits per heavy atom. The summed E-state index contributed by atoms with van der Waals surface area (Å²) in [6.45, 7) is 0. The van der Waals surface area contributed by atoms with Crippen molar-refractivity contribution in [1.82, 2.24) is 19.9 Å². The summed E-state index contributed by atoms with van der Waals surface area (Å²) in [4.78, 5) is 18.3. The molecule has 5 heterocycles. The number of nitrogens with zero attached hydrogens (tertiary/aromatic N) is 2. The predicted octanol–water partition coefficient (Wildman–Crippen LogP) is 11.3. The summed E-state index contributed by atoms with van der Waals surface area (Å²) in [6, 6.07) is 48.1. The minimum atomic E-state index is 0.831. The van der Waals surface area contributed by atoms with Crippen LogP contribution < -0.4 is 0 Å². The molecule has 234 valence electrons. The third-order valence-electron chi connectivity index (χ3n) is 9.28. The Balaban J connectivity index is 1.47. The number of hydrogen-bond acceptors (Lipinski definition) is 2. The molecule has 0 spiro atoms. The van der Waals surface area contributed by atoms with Gasteiger partial charge in [-0.3, -0.25) is 0 Å². The molecule has 2 aliphatic rings. The number of terminal acetylenes is 1. The Kier molecular flexibility index (Phi) is 7.15. The van der Waals surface area contributed by atoms with Gasteiger partial charge in [0.25, 0.3) is 0 Å². The normalized spacial score (nSPS) is 11.8. The van der Waals surface area contributed by atoms with Crippen LogP contribution in [0.15, 0.2) is 140 Å². The number of aromatic nitrogens is 4. The summed E-state index contributed by atoms with van der Waals surface area (Å²) in [5, 5.41) is 0. The molecule has 0 saturated heterocycles. The molecule has 0 radical (unpaired) electrons. The number of hydrogen-bond donors (Lipinski definition) is 2. The fourth-order valence-corrected chi connectivity index (χ4v) is 6.97. The molecule has 3 aromatic heterocycles. The summed E-state index contributed by atoms with van der Waals surface area (Å²) in [6.07, 6.45) is 14.2. The van der Waals surface area contributed by atoms with Crippen LogP contribution in [0, 0.1) is 12.3 Å². The van der Waals surface area contributed by atoms with E-state index in [-0.39, 0.29) is 0 Å². The SMILES string of the molecule is C#Cc1ccc(-c2c3nc(c(-c4ccccc4)c4ccc([nH]4)c(-c4ccccc4)c4nc(c(-c5ccccc5)c5ccc2[nH]5)C=C4)C=C3)cc1. The van der Waals surface area contributed by atoms with Gasteiger partial charge in [0.05, 0.1) is 22.8 Å². The van der Waals surface area contributed by atoms with E-state index in [1.165, 1.54) is 0 Å². The quantitative estimate of drug-likeness (QED) is 0.188. The lowest BCUT2D eigenvalue weighted by atomic mass is 10.0. The van der Waals surface area contributed by atoms with Gasteiger partial charge in [0.2, 0.25) is 0 Å². The van der Waals surface area contributed by atoms with Crippen LogP contribution in [0.2, 0.25) is 0 Å². The highest BCUT2D eigenvalue weighted by Gasteiger charge is 2.18. The number of H-pyrrole nitrogens is 2. The van der Waals surface area contributed by atoms with E-state index in [0.29, 0.717) is 0 Å². The Bertz CT molecular complexity index is 2630. The van der Waals surface area contributed by atoms with E-state index >= 15 is 0 Å². The van der Waals surface area contributed by atoms with Crippen LogP contribution in [0.3, 0.4) is 0 Å². The number of fused-ring (bicyclic) bond motifs is 8. The molecule has 4 heteroatoms. The molecule has 0 fully saturated rings. The average molecular weight is 639 g/mol. The van der Waals surface area contributed by atoms with Gasteiger partial charge >= 0.3 is 0 Å². The molecule has 0 amide bonds. The Morgan fingerprint density at radius 2 is 0.660 bits per heavy atom. The molecular formula is C46H30N4. The first-order valence-electron chi connectivity index (χ1n) is 16.6. The molecule has 0 atom stereocenters. The van der Waals surface area contributed by atoms with Crippen LogP contribution >= 0.6 is 0 Å². The molecule has 9 rings (SSSR count). The van der Waals surface area contributed by atoms with Crippen molar-refractivity contribution >= 4 is 46.4 Å². The van der Waals surface area contributed by atoms with Crippen molar-refractivity contribution in [3.63, 3.8) is 0 Å². The van der Waals surface area contributed by atoms with Gasteiger partial charge in [-0.25, -0.2) is 9.97 Å². The summed E-state index contributed by atoms with van der Waals surface area (Å²) in [5.74, 6) is 2.75. The third-order valence-corrected chi connectivity index (χ3v) is 9.28. The molecular weight excluding hydrogens is 609 g/mol. The molecule has 4 nitrogen and oxygen atoms in total. The maximum Gasteiger partial charge on any atom is 0.0737 e. The van der Waals surface area contributed by atoms with Crippen LogP contribution in [0.1, 0.15) is 28.3 Å². The highest BCUT2D eigenvalue weighted by atomic mass is 14.8. The van der Waals surface area contributed by atoms with Crippen LogP contribution in [-0.4, -0.2) is 19.9 Å². The first kappa shape index (κ1) is 29.2. The maximum atomic E-state index is 5.74. The van der Waals surface area contributed by atoms with Gasteiger partial charge in [-0.15, -0.1) is 6.42 Å². The zero-order chi connectivity index (χ0) is 33.4. The smallest absolute Gasteiger partial charge is 0.0737 e. The van der Waals surface area contributed by atoms with Crippen LogP contribution in [0.25, 0.3) is 90.9 Å². The second kappa shape index (κ2) is 12.2. The second-order valence-electron chi connectivity index (χ2n) is 12.3. The molecule has 0 unspecified atom stereocenters. The lowest BCUT2D eigenvalue weighted by molar-refractivity contribution is 1.31. The van der Waals surface area contributed by atoms with Crippen molar-refractivity contribution in [2.24, 2.45) is 0 Å². The van der Waals surface area contributed by atoms with Gasteiger partial charge in [-0.05, 0) is 83.0 Å². The number of nitrogens with one attached hydrogen (secondary N) is 2. The van der Waals surface area contributed by atoms with Gasteiger partial charge < -0.3 is 9.97 Å². The molecule has 0 saturated carbocycles. The lowest BCUT2D eigenvalue weighted by Crippen LogP contribution is -1.89. The van der Waals surface area contributed by atoms with Crippen molar-refractivity contribution in [3.05, 3.63) is 168 Å². The van der Waals surface area contributed by atoms with E-state index in [0.717, 1.165) is 94.9 Å². The molecule has 4 aromatic carbocycles. The molecule has 8 bridgehead atoms. The van der Waals surface area contributed by atoms with E-state index in [1.54, 1.807) is 0 Å². The molecule has 50 heavy (non-hydrogen) atoms. The van der Waals surface area contributed by atoms with Gasteiger partial charge in [0.15, 0.2) is 0 Å². The van der Waals surface area contributed by atoms with Crippen LogP contribution in [0.4, 0.5) is 0 Å². The highest BCUT2D eigenvalue weighted by molar-refractivity contribution is 5.99. The second-order valence-corrected chi connectivity index (χ2v) is 12.3. The number of benzene rings is 4. The van der Waals surface area contributed by atoms with E-state index in [4.69, 9.17) is 16.4 Å². The molecule has 2 aliphatic heterocycles. The fraction of sp³-hybridized carbons (Fsp3) is 0.